The Labute approximate surface area is 110 Å². The summed E-state index contributed by atoms with van der Waals surface area (Å²) in [5, 5.41) is 13.3. The van der Waals surface area contributed by atoms with E-state index in [0.29, 0.717) is 23.6 Å². The standard InChI is InChI=1S/C16H25NO/c1-11(2)12(3)10-17-16-6-4-5-13-7-8-14(18)9-15(13)16/h7-9,11-12,16-18H,4-6,10H2,1-3H3. The largest absolute Gasteiger partial charge is 0.508 e. The van der Waals surface area contributed by atoms with Crippen LogP contribution in [-0.4, -0.2) is 11.7 Å². The van der Waals surface area contributed by atoms with Crippen molar-refractivity contribution < 1.29 is 5.11 Å². The van der Waals surface area contributed by atoms with Crippen LogP contribution < -0.4 is 5.32 Å². The number of hydrogen-bond acceptors (Lipinski definition) is 2. The molecule has 100 valence electrons. The Morgan fingerprint density at radius 2 is 2.11 bits per heavy atom. The molecule has 2 heteroatoms. The topological polar surface area (TPSA) is 32.3 Å². The van der Waals surface area contributed by atoms with E-state index in [0.717, 1.165) is 13.0 Å². The van der Waals surface area contributed by atoms with Crippen LogP contribution in [0.2, 0.25) is 0 Å². The van der Waals surface area contributed by atoms with Crippen molar-refractivity contribution in [2.24, 2.45) is 11.8 Å². The van der Waals surface area contributed by atoms with E-state index in [4.69, 9.17) is 0 Å². The molecule has 0 saturated carbocycles. The van der Waals surface area contributed by atoms with Crippen LogP contribution in [0.5, 0.6) is 5.75 Å². The molecule has 2 N–H and O–H groups in total. The van der Waals surface area contributed by atoms with Gasteiger partial charge in [-0.1, -0.05) is 26.8 Å². The van der Waals surface area contributed by atoms with Crippen LogP contribution in [0.3, 0.4) is 0 Å². The Morgan fingerprint density at radius 1 is 1.33 bits per heavy atom. The average molecular weight is 247 g/mol. The van der Waals surface area contributed by atoms with Gasteiger partial charge in [-0.15, -0.1) is 0 Å². The highest BCUT2D eigenvalue weighted by molar-refractivity contribution is 5.38. The fraction of sp³-hybridized carbons (Fsp3) is 0.625. The number of rotatable bonds is 4. The van der Waals surface area contributed by atoms with Crippen LogP contribution in [0.15, 0.2) is 18.2 Å². The Morgan fingerprint density at radius 3 is 2.83 bits per heavy atom. The zero-order chi connectivity index (χ0) is 13.1. The van der Waals surface area contributed by atoms with Gasteiger partial charge in [-0.25, -0.2) is 0 Å². The number of nitrogens with one attached hydrogen (secondary N) is 1. The lowest BCUT2D eigenvalue weighted by Crippen LogP contribution is -2.30. The number of phenols is 1. The molecule has 0 heterocycles. The van der Waals surface area contributed by atoms with Gasteiger partial charge in [0.25, 0.3) is 0 Å². The highest BCUT2D eigenvalue weighted by Gasteiger charge is 2.21. The number of phenolic OH excluding ortho intramolecular Hbond substituents is 1. The summed E-state index contributed by atoms with van der Waals surface area (Å²) in [4.78, 5) is 0. The summed E-state index contributed by atoms with van der Waals surface area (Å²) in [6.07, 6.45) is 3.57. The monoisotopic (exact) mass is 247 g/mol. The minimum atomic E-state index is 0.388. The number of aryl methyl sites for hydroxylation is 1. The van der Waals surface area contributed by atoms with E-state index in [2.05, 4.69) is 32.2 Å². The van der Waals surface area contributed by atoms with Gasteiger partial charge in [0.1, 0.15) is 5.75 Å². The maximum absolute atomic E-state index is 9.64. The number of fused-ring (bicyclic) bond motifs is 1. The Bertz CT molecular complexity index is 400. The van der Waals surface area contributed by atoms with Gasteiger partial charge < -0.3 is 10.4 Å². The lowest BCUT2D eigenvalue weighted by Gasteiger charge is -2.28. The fourth-order valence-electron chi connectivity index (χ4n) is 2.56. The first-order valence-electron chi connectivity index (χ1n) is 7.13. The number of hydrogen-bond donors (Lipinski definition) is 2. The van der Waals surface area contributed by atoms with Crippen molar-refractivity contribution in [3.05, 3.63) is 29.3 Å². The summed E-state index contributed by atoms with van der Waals surface area (Å²) in [6, 6.07) is 6.23. The van der Waals surface area contributed by atoms with Crippen molar-refractivity contribution in [3.63, 3.8) is 0 Å². The lowest BCUT2D eigenvalue weighted by molar-refractivity contribution is 0.353. The Kier molecular flexibility index (Phi) is 4.28. The second-order valence-electron chi connectivity index (χ2n) is 5.96. The average Bonchev–Trinajstić information content (AvgIpc) is 2.35. The van der Waals surface area contributed by atoms with Crippen molar-refractivity contribution in [2.75, 3.05) is 6.54 Å². The third-order valence-corrected chi connectivity index (χ3v) is 4.27. The first kappa shape index (κ1) is 13.4. The van der Waals surface area contributed by atoms with E-state index in [-0.39, 0.29) is 0 Å². The van der Waals surface area contributed by atoms with E-state index in [1.54, 1.807) is 6.07 Å². The molecule has 18 heavy (non-hydrogen) atoms. The van der Waals surface area contributed by atoms with Gasteiger partial charge in [0.05, 0.1) is 0 Å². The molecule has 2 rings (SSSR count). The first-order chi connectivity index (χ1) is 8.58. The minimum Gasteiger partial charge on any atom is -0.508 e. The fourth-order valence-corrected chi connectivity index (χ4v) is 2.56. The van der Waals surface area contributed by atoms with Crippen molar-refractivity contribution in [1.29, 1.82) is 0 Å². The Hall–Kier alpha value is -1.02. The van der Waals surface area contributed by atoms with Gasteiger partial charge in [0.15, 0.2) is 0 Å². The van der Waals surface area contributed by atoms with Gasteiger partial charge in [-0.2, -0.15) is 0 Å². The number of benzene rings is 1. The second-order valence-corrected chi connectivity index (χ2v) is 5.96. The zero-order valence-corrected chi connectivity index (χ0v) is 11.7. The lowest BCUT2D eigenvalue weighted by atomic mass is 9.87. The number of aromatic hydroxyl groups is 1. The molecule has 0 saturated heterocycles. The van der Waals surface area contributed by atoms with Crippen molar-refractivity contribution in [3.8, 4) is 5.75 Å². The molecule has 2 atom stereocenters. The maximum Gasteiger partial charge on any atom is 0.115 e. The first-order valence-corrected chi connectivity index (χ1v) is 7.13. The van der Waals surface area contributed by atoms with E-state index in [1.165, 1.54) is 24.0 Å². The normalized spacial score (nSPS) is 20.8. The van der Waals surface area contributed by atoms with Gasteiger partial charge in [-0.05, 0) is 60.9 Å². The molecule has 0 bridgehead atoms. The van der Waals surface area contributed by atoms with Gasteiger partial charge in [0.2, 0.25) is 0 Å². The van der Waals surface area contributed by atoms with E-state index in [1.807, 2.05) is 6.07 Å². The third-order valence-electron chi connectivity index (χ3n) is 4.27. The van der Waals surface area contributed by atoms with E-state index in [9.17, 15) is 5.11 Å². The summed E-state index contributed by atoms with van der Waals surface area (Å²) < 4.78 is 0. The van der Waals surface area contributed by atoms with Crippen molar-refractivity contribution >= 4 is 0 Å². The van der Waals surface area contributed by atoms with Gasteiger partial charge in [-0.3, -0.25) is 0 Å². The molecule has 0 aromatic heterocycles. The quantitative estimate of drug-likeness (QED) is 0.851. The summed E-state index contributed by atoms with van der Waals surface area (Å²) in [6.45, 7) is 7.89. The summed E-state index contributed by atoms with van der Waals surface area (Å²) in [5.41, 5.74) is 2.70. The molecule has 2 unspecified atom stereocenters. The molecular weight excluding hydrogens is 222 g/mol. The molecule has 1 aliphatic carbocycles. The molecular formula is C16H25NO. The second kappa shape index (κ2) is 5.75. The molecule has 0 fully saturated rings. The van der Waals surface area contributed by atoms with Gasteiger partial charge in [0, 0.05) is 6.04 Å². The molecule has 1 aliphatic rings. The SMILES string of the molecule is CC(C)C(C)CNC1CCCc2ccc(O)cc21. The predicted molar refractivity (Wildman–Crippen MR) is 75.8 cm³/mol. The minimum absolute atomic E-state index is 0.388. The van der Waals surface area contributed by atoms with Crippen LogP contribution in [0, 0.1) is 11.8 Å². The molecule has 1 aromatic carbocycles. The van der Waals surface area contributed by atoms with Crippen LogP contribution in [-0.2, 0) is 6.42 Å². The summed E-state index contributed by atoms with van der Waals surface area (Å²) in [7, 11) is 0. The zero-order valence-electron chi connectivity index (χ0n) is 11.7. The molecule has 0 amide bonds. The third kappa shape index (κ3) is 3.05. The highest BCUT2D eigenvalue weighted by Crippen LogP contribution is 2.32. The van der Waals surface area contributed by atoms with Crippen LogP contribution in [0.4, 0.5) is 0 Å². The molecule has 0 radical (unpaired) electrons. The van der Waals surface area contributed by atoms with Crippen molar-refractivity contribution in [2.45, 2.75) is 46.1 Å². The smallest absolute Gasteiger partial charge is 0.115 e. The highest BCUT2D eigenvalue weighted by atomic mass is 16.3. The van der Waals surface area contributed by atoms with Gasteiger partial charge >= 0.3 is 0 Å². The molecule has 0 aliphatic heterocycles. The maximum atomic E-state index is 9.64. The molecule has 0 spiro atoms. The molecule has 2 nitrogen and oxygen atoms in total. The van der Waals surface area contributed by atoms with Crippen molar-refractivity contribution in [1.82, 2.24) is 5.32 Å². The Balaban J connectivity index is 2.05. The van der Waals surface area contributed by atoms with Crippen LogP contribution >= 0.6 is 0 Å². The molecule has 1 aromatic rings. The summed E-state index contributed by atoms with van der Waals surface area (Å²) >= 11 is 0. The van der Waals surface area contributed by atoms with E-state index >= 15 is 0 Å². The predicted octanol–water partition coefficient (Wildman–Crippen LogP) is 3.65. The van der Waals surface area contributed by atoms with Crippen LogP contribution in [0.25, 0.3) is 0 Å². The van der Waals surface area contributed by atoms with E-state index < -0.39 is 0 Å². The summed E-state index contributed by atoms with van der Waals surface area (Å²) in [5.74, 6) is 1.79. The van der Waals surface area contributed by atoms with Crippen LogP contribution in [0.1, 0.15) is 50.8 Å².